The molecule has 0 radical (unpaired) electrons. The predicted octanol–water partition coefficient (Wildman–Crippen LogP) is 2.79. The van der Waals surface area contributed by atoms with Gasteiger partial charge in [0.05, 0.1) is 10.3 Å². The van der Waals surface area contributed by atoms with Crippen molar-refractivity contribution < 1.29 is 4.79 Å². The molecule has 1 aromatic heterocycles. The molecule has 108 valence electrons. The number of carbonyl (C=O) groups excluding carboxylic acids is 1. The third-order valence-corrected chi connectivity index (χ3v) is 4.43. The van der Waals surface area contributed by atoms with Gasteiger partial charge in [0, 0.05) is 22.5 Å². The Balaban J connectivity index is 1.91. The van der Waals surface area contributed by atoms with Crippen molar-refractivity contribution in [2.45, 2.75) is 6.42 Å². The number of benzene rings is 1. The first-order chi connectivity index (χ1) is 10.2. The highest BCUT2D eigenvalue weighted by Gasteiger charge is 2.05. The van der Waals surface area contributed by atoms with Crippen LogP contribution in [-0.4, -0.2) is 19.0 Å². The van der Waals surface area contributed by atoms with Gasteiger partial charge in [0.2, 0.25) is 0 Å². The van der Waals surface area contributed by atoms with Crippen molar-refractivity contribution >= 4 is 33.2 Å². The lowest BCUT2D eigenvalue weighted by Gasteiger charge is -2.04. The van der Waals surface area contributed by atoms with E-state index >= 15 is 0 Å². The molecule has 0 aliphatic rings. The summed E-state index contributed by atoms with van der Waals surface area (Å²) < 4.78 is 1.11. The molecule has 0 atom stereocenters. The standard InChI is InChI=1S/C16H15BrN2OS/c17-15-7-6-14(21-15)8-10-19-16(20)13-5-1-3-12(11-13)4-2-9-18/h1,3,5-7,11H,8-10,18H2,(H,19,20). The molecule has 2 rings (SSSR count). The number of hydrogen-bond donors (Lipinski definition) is 2. The lowest BCUT2D eigenvalue weighted by molar-refractivity contribution is 0.0954. The van der Waals surface area contributed by atoms with Crippen molar-refractivity contribution in [2.75, 3.05) is 13.1 Å². The lowest BCUT2D eigenvalue weighted by Crippen LogP contribution is -2.25. The number of hydrogen-bond acceptors (Lipinski definition) is 3. The van der Waals surface area contributed by atoms with Crippen molar-refractivity contribution in [2.24, 2.45) is 5.73 Å². The van der Waals surface area contributed by atoms with E-state index in [1.54, 1.807) is 23.5 Å². The highest BCUT2D eigenvalue weighted by Crippen LogP contribution is 2.22. The SMILES string of the molecule is NCC#Cc1cccc(C(=O)NCCc2ccc(Br)s2)c1. The molecule has 0 aliphatic heterocycles. The summed E-state index contributed by atoms with van der Waals surface area (Å²) in [5.41, 5.74) is 6.76. The molecule has 1 heterocycles. The van der Waals surface area contributed by atoms with Crippen LogP contribution < -0.4 is 11.1 Å². The second-order valence-corrected chi connectivity index (χ2v) is 6.85. The highest BCUT2D eigenvalue weighted by molar-refractivity contribution is 9.11. The highest BCUT2D eigenvalue weighted by atomic mass is 79.9. The predicted molar refractivity (Wildman–Crippen MR) is 90.4 cm³/mol. The smallest absolute Gasteiger partial charge is 0.251 e. The van der Waals surface area contributed by atoms with Crippen LogP contribution >= 0.6 is 27.3 Å². The molecule has 21 heavy (non-hydrogen) atoms. The van der Waals surface area contributed by atoms with Crippen molar-refractivity contribution in [1.82, 2.24) is 5.32 Å². The van der Waals surface area contributed by atoms with Gasteiger partial charge in [-0.3, -0.25) is 4.79 Å². The van der Waals surface area contributed by atoms with Crippen LogP contribution in [0.1, 0.15) is 20.8 Å². The zero-order valence-corrected chi connectivity index (χ0v) is 13.8. The number of halogens is 1. The Hall–Kier alpha value is -1.61. The van der Waals surface area contributed by atoms with Crippen LogP contribution in [0, 0.1) is 11.8 Å². The Morgan fingerprint density at radius 3 is 2.90 bits per heavy atom. The monoisotopic (exact) mass is 362 g/mol. The Morgan fingerprint density at radius 2 is 2.19 bits per heavy atom. The Kier molecular flexibility index (Phi) is 6.00. The van der Waals surface area contributed by atoms with E-state index in [2.05, 4.69) is 39.2 Å². The van der Waals surface area contributed by atoms with E-state index in [-0.39, 0.29) is 5.91 Å². The summed E-state index contributed by atoms with van der Waals surface area (Å²) in [7, 11) is 0. The maximum absolute atomic E-state index is 12.1. The van der Waals surface area contributed by atoms with Crippen molar-refractivity contribution in [3.05, 3.63) is 56.2 Å². The number of thiophene rings is 1. The number of rotatable bonds is 4. The summed E-state index contributed by atoms with van der Waals surface area (Å²) in [6, 6.07) is 11.3. The first-order valence-corrected chi connectivity index (χ1v) is 8.11. The summed E-state index contributed by atoms with van der Waals surface area (Å²) >= 11 is 5.11. The van der Waals surface area contributed by atoms with Crippen LogP contribution in [0.25, 0.3) is 0 Å². The quantitative estimate of drug-likeness (QED) is 0.821. The maximum Gasteiger partial charge on any atom is 0.251 e. The summed E-state index contributed by atoms with van der Waals surface area (Å²) in [5.74, 6) is 5.62. The van der Waals surface area contributed by atoms with Gasteiger partial charge in [0.25, 0.3) is 5.91 Å². The van der Waals surface area contributed by atoms with Gasteiger partial charge >= 0.3 is 0 Å². The summed E-state index contributed by atoms with van der Waals surface area (Å²) in [5, 5.41) is 2.92. The molecular formula is C16H15BrN2OS. The van der Waals surface area contributed by atoms with E-state index in [4.69, 9.17) is 5.73 Å². The topological polar surface area (TPSA) is 55.1 Å². The Labute approximate surface area is 136 Å². The molecule has 0 aliphatic carbocycles. The zero-order chi connectivity index (χ0) is 15.1. The third-order valence-electron chi connectivity index (χ3n) is 2.75. The van der Waals surface area contributed by atoms with Gasteiger partial charge in [-0.25, -0.2) is 0 Å². The zero-order valence-electron chi connectivity index (χ0n) is 11.4. The first-order valence-electron chi connectivity index (χ1n) is 6.50. The molecule has 5 heteroatoms. The van der Waals surface area contributed by atoms with E-state index in [0.29, 0.717) is 18.7 Å². The largest absolute Gasteiger partial charge is 0.352 e. The molecule has 0 saturated heterocycles. The Bertz CT molecular complexity index is 685. The first kappa shape index (κ1) is 15.8. The van der Waals surface area contributed by atoms with Gasteiger partial charge in [-0.1, -0.05) is 17.9 Å². The normalized spacial score (nSPS) is 9.81. The minimum Gasteiger partial charge on any atom is -0.352 e. The molecule has 0 spiro atoms. The molecule has 0 unspecified atom stereocenters. The molecule has 0 bridgehead atoms. The fraction of sp³-hybridized carbons (Fsp3) is 0.188. The summed E-state index contributed by atoms with van der Waals surface area (Å²) in [6.07, 6.45) is 0.828. The van der Waals surface area contributed by atoms with E-state index in [1.807, 2.05) is 18.2 Å². The molecule has 3 nitrogen and oxygen atoms in total. The summed E-state index contributed by atoms with van der Waals surface area (Å²) in [4.78, 5) is 13.3. The minimum atomic E-state index is -0.0815. The third kappa shape index (κ3) is 5.01. The second kappa shape index (κ2) is 7.99. The van der Waals surface area contributed by atoms with Crippen LogP contribution in [0.5, 0.6) is 0 Å². The van der Waals surface area contributed by atoms with E-state index in [1.165, 1.54) is 4.88 Å². The molecule has 1 aromatic carbocycles. The van der Waals surface area contributed by atoms with Gasteiger partial charge in [-0.05, 0) is 52.7 Å². The number of nitrogens with two attached hydrogens (primary N) is 1. The van der Waals surface area contributed by atoms with E-state index in [0.717, 1.165) is 15.8 Å². The number of nitrogens with one attached hydrogen (secondary N) is 1. The number of amides is 1. The molecular weight excluding hydrogens is 348 g/mol. The molecule has 1 amide bonds. The molecule has 2 aromatic rings. The minimum absolute atomic E-state index is 0.0815. The fourth-order valence-corrected chi connectivity index (χ4v) is 3.26. The summed E-state index contributed by atoms with van der Waals surface area (Å²) in [6.45, 7) is 0.928. The van der Waals surface area contributed by atoms with Crippen LogP contribution in [0.2, 0.25) is 0 Å². The van der Waals surface area contributed by atoms with Crippen molar-refractivity contribution in [3.8, 4) is 11.8 Å². The van der Waals surface area contributed by atoms with Crippen LogP contribution in [0.3, 0.4) is 0 Å². The van der Waals surface area contributed by atoms with Gasteiger partial charge in [0.1, 0.15) is 0 Å². The van der Waals surface area contributed by atoms with Crippen LogP contribution in [0.4, 0.5) is 0 Å². The lowest BCUT2D eigenvalue weighted by atomic mass is 10.1. The van der Waals surface area contributed by atoms with Crippen molar-refractivity contribution in [1.29, 1.82) is 0 Å². The van der Waals surface area contributed by atoms with Gasteiger partial charge in [-0.15, -0.1) is 11.3 Å². The maximum atomic E-state index is 12.1. The molecule has 0 saturated carbocycles. The number of carbonyl (C=O) groups is 1. The van der Waals surface area contributed by atoms with Crippen molar-refractivity contribution in [3.63, 3.8) is 0 Å². The average Bonchev–Trinajstić information content (AvgIpc) is 2.91. The fourth-order valence-electron chi connectivity index (χ4n) is 1.78. The van der Waals surface area contributed by atoms with Gasteiger partial charge < -0.3 is 11.1 Å². The van der Waals surface area contributed by atoms with Gasteiger partial charge in [-0.2, -0.15) is 0 Å². The van der Waals surface area contributed by atoms with E-state index < -0.39 is 0 Å². The van der Waals surface area contributed by atoms with E-state index in [9.17, 15) is 4.79 Å². The average molecular weight is 363 g/mol. The molecule has 0 fully saturated rings. The Morgan fingerprint density at radius 1 is 1.33 bits per heavy atom. The molecule has 3 N–H and O–H groups in total. The van der Waals surface area contributed by atoms with Gasteiger partial charge in [0.15, 0.2) is 0 Å². The van der Waals surface area contributed by atoms with Crippen LogP contribution in [-0.2, 0) is 6.42 Å². The second-order valence-electron chi connectivity index (χ2n) is 4.30. The van der Waals surface area contributed by atoms with Crippen LogP contribution in [0.15, 0.2) is 40.2 Å².